The number of benzene rings is 1. The number of rotatable bonds is 4. The van der Waals surface area contributed by atoms with Gasteiger partial charge in [-0.3, -0.25) is 0 Å². The zero-order valence-electron chi connectivity index (χ0n) is 12.3. The Hall–Kier alpha value is -0.710. The molecule has 1 aliphatic heterocycles. The summed E-state index contributed by atoms with van der Waals surface area (Å²) in [4.78, 5) is 0.142. The number of piperazine rings is 1. The Balaban J connectivity index is 0.00000242. The Morgan fingerprint density at radius 2 is 1.68 bits per heavy atom. The van der Waals surface area contributed by atoms with Crippen molar-refractivity contribution >= 4 is 32.5 Å². The third-order valence-corrected chi connectivity index (χ3v) is 6.91. The summed E-state index contributed by atoms with van der Waals surface area (Å²) < 4.78 is 52.0. The van der Waals surface area contributed by atoms with Crippen LogP contribution in [0.2, 0.25) is 0 Å². The molecule has 0 saturated carbocycles. The number of nitrogens with one attached hydrogen (secondary N) is 2. The van der Waals surface area contributed by atoms with Gasteiger partial charge in [0.05, 0.1) is 9.79 Å². The lowest BCUT2D eigenvalue weighted by Crippen LogP contribution is -2.52. The predicted octanol–water partition coefficient (Wildman–Crippen LogP) is -0.00110. The number of sulfonamides is 2. The molecular formula is C12H20ClN3O4S2. The van der Waals surface area contributed by atoms with Gasteiger partial charge in [0.1, 0.15) is 0 Å². The molecule has 0 radical (unpaired) electrons. The van der Waals surface area contributed by atoms with Crippen molar-refractivity contribution in [2.24, 2.45) is 0 Å². The summed E-state index contributed by atoms with van der Waals surface area (Å²) in [6, 6.07) is 5.12. The first-order valence-corrected chi connectivity index (χ1v) is 9.47. The highest BCUT2D eigenvalue weighted by atomic mass is 35.5. The molecule has 0 aliphatic carbocycles. The van der Waals surface area contributed by atoms with E-state index in [4.69, 9.17) is 0 Å². The van der Waals surface area contributed by atoms with Gasteiger partial charge in [0, 0.05) is 25.7 Å². The van der Waals surface area contributed by atoms with Crippen LogP contribution < -0.4 is 10.0 Å². The average Bonchev–Trinajstić information content (AvgIpc) is 2.47. The van der Waals surface area contributed by atoms with Gasteiger partial charge in [0.25, 0.3) is 0 Å². The highest BCUT2D eigenvalue weighted by molar-refractivity contribution is 7.89. The van der Waals surface area contributed by atoms with Gasteiger partial charge in [-0.1, -0.05) is 0 Å². The van der Waals surface area contributed by atoms with E-state index in [-0.39, 0.29) is 28.2 Å². The van der Waals surface area contributed by atoms with Gasteiger partial charge < -0.3 is 5.32 Å². The van der Waals surface area contributed by atoms with E-state index in [1.54, 1.807) is 0 Å². The van der Waals surface area contributed by atoms with Crippen LogP contribution in [-0.2, 0) is 20.0 Å². The molecule has 0 amide bonds. The van der Waals surface area contributed by atoms with E-state index in [9.17, 15) is 16.8 Å². The number of hydrogen-bond donors (Lipinski definition) is 2. The Bertz CT molecular complexity index is 704. The third-order valence-electron chi connectivity index (χ3n) is 3.45. The molecule has 1 aromatic rings. The molecular weight excluding hydrogens is 350 g/mol. The minimum absolute atomic E-state index is 0. The van der Waals surface area contributed by atoms with Crippen LogP contribution in [0.15, 0.2) is 34.1 Å². The lowest BCUT2D eigenvalue weighted by Gasteiger charge is -2.32. The predicted molar refractivity (Wildman–Crippen MR) is 86.2 cm³/mol. The van der Waals surface area contributed by atoms with Crippen LogP contribution in [0.1, 0.15) is 6.92 Å². The summed E-state index contributed by atoms with van der Waals surface area (Å²) in [6.07, 6.45) is 0. The monoisotopic (exact) mass is 369 g/mol. The van der Waals surface area contributed by atoms with E-state index in [0.717, 1.165) is 0 Å². The van der Waals surface area contributed by atoms with Crippen LogP contribution in [0.5, 0.6) is 0 Å². The molecule has 1 aromatic carbocycles. The fourth-order valence-electron chi connectivity index (χ4n) is 2.22. The smallest absolute Gasteiger partial charge is 0.243 e. The van der Waals surface area contributed by atoms with Crippen molar-refractivity contribution in [3.05, 3.63) is 24.3 Å². The van der Waals surface area contributed by atoms with Crippen LogP contribution >= 0.6 is 12.4 Å². The second-order valence-electron chi connectivity index (χ2n) is 4.85. The van der Waals surface area contributed by atoms with Crippen molar-refractivity contribution < 1.29 is 16.8 Å². The van der Waals surface area contributed by atoms with E-state index >= 15 is 0 Å². The van der Waals surface area contributed by atoms with E-state index in [1.165, 1.54) is 35.6 Å². The molecule has 0 aromatic heterocycles. The second kappa shape index (κ2) is 7.24. The number of nitrogens with zero attached hydrogens (tertiary/aromatic N) is 1. The van der Waals surface area contributed by atoms with Gasteiger partial charge in [0.15, 0.2) is 0 Å². The minimum Gasteiger partial charge on any atom is -0.314 e. The van der Waals surface area contributed by atoms with Crippen LogP contribution in [0, 0.1) is 0 Å². The second-order valence-corrected chi connectivity index (χ2v) is 8.62. The van der Waals surface area contributed by atoms with Gasteiger partial charge in [0.2, 0.25) is 20.0 Å². The molecule has 10 heteroatoms. The molecule has 1 fully saturated rings. The summed E-state index contributed by atoms with van der Waals surface area (Å²) in [6.45, 7) is 3.45. The maximum atomic E-state index is 12.6. The summed E-state index contributed by atoms with van der Waals surface area (Å²) in [5, 5.41) is 3.13. The Morgan fingerprint density at radius 3 is 2.18 bits per heavy atom. The molecule has 7 nitrogen and oxygen atoms in total. The highest BCUT2D eigenvalue weighted by Gasteiger charge is 2.31. The summed E-state index contributed by atoms with van der Waals surface area (Å²) in [7, 11) is -5.86. The first-order chi connectivity index (χ1) is 9.79. The summed E-state index contributed by atoms with van der Waals surface area (Å²) in [5.41, 5.74) is 0. The molecule has 0 bridgehead atoms. The third kappa shape index (κ3) is 3.79. The Kier molecular flexibility index (Phi) is 6.36. The lowest BCUT2D eigenvalue weighted by atomic mass is 10.3. The molecule has 0 spiro atoms. The first kappa shape index (κ1) is 19.3. The standard InChI is InChI=1S/C12H19N3O4S2.ClH/c1-10-9-14-7-8-15(10)21(18,19)12-5-3-11(4-6-12)20(16,17)13-2;/h3-6,10,13-14H,7-9H2,1-2H3;1H/t10-;/m0./s1. The molecule has 2 rings (SSSR count). The van der Waals surface area contributed by atoms with Gasteiger partial charge in [-0.15, -0.1) is 12.4 Å². The average molecular weight is 370 g/mol. The topological polar surface area (TPSA) is 95.6 Å². The molecule has 2 N–H and O–H groups in total. The van der Waals surface area contributed by atoms with Crippen molar-refractivity contribution in [3.63, 3.8) is 0 Å². The minimum atomic E-state index is -3.60. The Morgan fingerprint density at radius 1 is 1.14 bits per heavy atom. The zero-order valence-corrected chi connectivity index (χ0v) is 14.8. The number of halogens is 1. The normalized spacial score (nSPS) is 20.4. The lowest BCUT2D eigenvalue weighted by molar-refractivity contribution is 0.284. The van der Waals surface area contributed by atoms with Crippen LogP contribution in [0.3, 0.4) is 0 Å². The highest BCUT2D eigenvalue weighted by Crippen LogP contribution is 2.21. The maximum Gasteiger partial charge on any atom is 0.243 e. The van der Waals surface area contributed by atoms with Crippen molar-refractivity contribution in [3.8, 4) is 0 Å². The SMILES string of the molecule is CNS(=O)(=O)c1ccc(S(=O)(=O)N2CCNC[C@@H]2C)cc1.Cl. The van der Waals surface area contributed by atoms with Gasteiger partial charge >= 0.3 is 0 Å². The van der Waals surface area contributed by atoms with E-state index in [0.29, 0.717) is 19.6 Å². The van der Waals surface area contributed by atoms with Crippen molar-refractivity contribution in [1.82, 2.24) is 14.3 Å². The largest absolute Gasteiger partial charge is 0.314 e. The van der Waals surface area contributed by atoms with Crippen LogP contribution in [0.4, 0.5) is 0 Å². The van der Waals surface area contributed by atoms with Gasteiger partial charge in [-0.25, -0.2) is 21.6 Å². The fourth-order valence-corrected chi connectivity index (χ4v) is 4.58. The summed E-state index contributed by atoms with van der Waals surface area (Å²) >= 11 is 0. The van der Waals surface area contributed by atoms with Gasteiger partial charge in [-0.05, 0) is 38.2 Å². The van der Waals surface area contributed by atoms with Crippen molar-refractivity contribution in [2.45, 2.75) is 22.8 Å². The molecule has 126 valence electrons. The molecule has 1 saturated heterocycles. The molecule has 0 unspecified atom stereocenters. The van der Waals surface area contributed by atoms with Crippen LogP contribution in [0.25, 0.3) is 0 Å². The van der Waals surface area contributed by atoms with E-state index in [1.807, 2.05) is 6.92 Å². The first-order valence-electron chi connectivity index (χ1n) is 6.55. The molecule has 1 heterocycles. The van der Waals surface area contributed by atoms with Gasteiger partial charge in [-0.2, -0.15) is 4.31 Å². The fraction of sp³-hybridized carbons (Fsp3) is 0.500. The van der Waals surface area contributed by atoms with E-state index in [2.05, 4.69) is 10.0 Å². The zero-order chi connectivity index (χ0) is 15.7. The van der Waals surface area contributed by atoms with Crippen molar-refractivity contribution in [1.29, 1.82) is 0 Å². The molecule has 1 atom stereocenters. The Labute approximate surface area is 137 Å². The molecule has 1 aliphatic rings. The van der Waals surface area contributed by atoms with Crippen LogP contribution in [-0.4, -0.2) is 53.9 Å². The quantitative estimate of drug-likeness (QED) is 0.778. The molecule has 22 heavy (non-hydrogen) atoms. The van der Waals surface area contributed by atoms with Crippen molar-refractivity contribution in [2.75, 3.05) is 26.7 Å². The maximum absolute atomic E-state index is 12.6. The number of hydrogen-bond acceptors (Lipinski definition) is 5. The van der Waals surface area contributed by atoms with E-state index < -0.39 is 20.0 Å². The summed E-state index contributed by atoms with van der Waals surface area (Å²) in [5.74, 6) is 0.